The number of rotatable bonds is 7. The number of thioether (sulfide) groups is 1. The van der Waals surface area contributed by atoms with Crippen molar-refractivity contribution in [1.82, 2.24) is 19.9 Å². The molecule has 6 rings (SSSR count). The van der Waals surface area contributed by atoms with Gasteiger partial charge in [-0.25, -0.2) is 28.7 Å². The quantitative estimate of drug-likeness (QED) is 0.295. The van der Waals surface area contributed by atoms with E-state index in [-0.39, 0.29) is 23.0 Å². The Hall–Kier alpha value is -3.91. The Labute approximate surface area is 217 Å². The zero-order valence-corrected chi connectivity index (χ0v) is 20.5. The Kier molecular flexibility index (Phi) is 5.50. The number of anilines is 2. The normalized spacial score (nSPS) is 25.5. The van der Waals surface area contributed by atoms with Crippen LogP contribution in [0.5, 0.6) is 5.75 Å². The molecule has 1 saturated carbocycles. The minimum atomic E-state index is -3.31. The number of aliphatic imine (C=N–C) groups is 1. The third-order valence-electron chi connectivity index (χ3n) is 6.80. The molecule has 0 aromatic carbocycles. The molecule has 14 heteroatoms. The number of nitrogens with one attached hydrogen (secondary N) is 1. The number of aliphatic hydroxyl groups excluding tert-OH is 1. The first-order chi connectivity index (χ1) is 18.2. The summed E-state index contributed by atoms with van der Waals surface area (Å²) < 4.78 is 53.8. The number of ether oxygens (including phenoxy) is 1. The van der Waals surface area contributed by atoms with Gasteiger partial charge in [0.1, 0.15) is 27.8 Å². The average molecular weight is 544 g/mol. The number of fused-ring (bicyclic) bond motifs is 2. The number of nitrogens with two attached hydrogens (primary N) is 1. The Balaban J connectivity index is 1.31. The summed E-state index contributed by atoms with van der Waals surface area (Å²) in [4.78, 5) is 20.7. The molecule has 0 amide bonds. The van der Waals surface area contributed by atoms with Gasteiger partial charge >= 0.3 is 0 Å². The van der Waals surface area contributed by atoms with Crippen molar-refractivity contribution in [3.63, 3.8) is 0 Å². The van der Waals surface area contributed by atoms with E-state index in [0.29, 0.717) is 40.1 Å². The van der Waals surface area contributed by atoms with E-state index >= 15 is 0 Å². The molecule has 1 aliphatic carbocycles. The lowest BCUT2D eigenvalue weighted by Gasteiger charge is -2.31. The number of halogens is 3. The van der Waals surface area contributed by atoms with Crippen molar-refractivity contribution in [2.75, 3.05) is 11.9 Å². The van der Waals surface area contributed by atoms with Crippen LogP contribution in [0.25, 0.3) is 10.9 Å². The molecule has 0 spiro atoms. The van der Waals surface area contributed by atoms with Gasteiger partial charge in [0, 0.05) is 17.1 Å². The van der Waals surface area contributed by atoms with Crippen molar-refractivity contribution < 1.29 is 27.4 Å². The molecule has 4 aromatic rings. The average Bonchev–Trinajstić information content (AvgIpc) is 3.19. The van der Waals surface area contributed by atoms with E-state index in [2.05, 4.69) is 30.2 Å². The number of pyridine rings is 3. The molecule has 0 radical (unpaired) electrons. The highest BCUT2D eigenvalue weighted by Gasteiger charge is 2.87. The zero-order chi connectivity index (χ0) is 26.7. The van der Waals surface area contributed by atoms with Crippen LogP contribution in [-0.4, -0.2) is 47.5 Å². The molecule has 4 aromatic heterocycles. The van der Waals surface area contributed by atoms with Gasteiger partial charge in [0.05, 0.1) is 36.8 Å². The number of alkyl halides is 2. The standard InChI is InChI=1S/C24H20F3N7O3S/c1-22(20-23(11-35,24(20,26)27)38-21(28)34-22)15-7-13(8-32-18(15)25)33-19-17-12(2-3-30-19)6-14(9-31-17)37-10-16-29-4-5-36-16/h2-9,20,35H,10-11H2,1H3,(H2,28,34)(H,30,33)/t20-,22-,23-/m1/s1. The summed E-state index contributed by atoms with van der Waals surface area (Å²) in [5.41, 5.74) is 4.68. The van der Waals surface area contributed by atoms with Gasteiger partial charge in [-0.2, -0.15) is 4.39 Å². The molecule has 38 heavy (non-hydrogen) atoms. The molecule has 2 aliphatic rings. The van der Waals surface area contributed by atoms with Crippen LogP contribution in [-0.2, 0) is 12.1 Å². The fourth-order valence-corrected chi connectivity index (χ4v) is 6.37. The predicted molar refractivity (Wildman–Crippen MR) is 133 cm³/mol. The maximum atomic E-state index is 15.0. The monoisotopic (exact) mass is 543 g/mol. The Bertz CT molecular complexity index is 1570. The summed E-state index contributed by atoms with van der Waals surface area (Å²) in [6.45, 7) is 0.669. The third kappa shape index (κ3) is 3.66. The predicted octanol–water partition coefficient (Wildman–Crippen LogP) is 3.75. The summed E-state index contributed by atoms with van der Waals surface area (Å²) in [7, 11) is 0. The van der Waals surface area contributed by atoms with Gasteiger partial charge in [-0.15, -0.1) is 0 Å². The SMILES string of the molecule is C[C@]1(c2cc(Nc3nccc4cc(OCc5ncco5)cnc34)cnc2F)N=C(N)S[C@]2(CO)[C@@H]1C2(F)F. The molecule has 196 valence electrons. The molecule has 0 bridgehead atoms. The second kappa shape index (κ2) is 8.56. The number of aliphatic hydroxyl groups is 1. The summed E-state index contributed by atoms with van der Waals surface area (Å²) in [6.07, 6.45) is 7.24. The molecule has 0 saturated heterocycles. The molecule has 4 N–H and O–H groups in total. The van der Waals surface area contributed by atoms with Crippen LogP contribution in [0.3, 0.4) is 0 Å². The van der Waals surface area contributed by atoms with Gasteiger partial charge in [-0.1, -0.05) is 11.8 Å². The van der Waals surface area contributed by atoms with Crippen molar-refractivity contribution >= 4 is 39.3 Å². The molecular weight excluding hydrogens is 523 g/mol. The van der Waals surface area contributed by atoms with E-state index in [1.165, 1.54) is 37.8 Å². The lowest BCUT2D eigenvalue weighted by Crippen LogP contribution is -2.37. The smallest absolute Gasteiger partial charge is 0.272 e. The van der Waals surface area contributed by atoms with Crippen LogP contribution in [0.4, 0.5) is 24.7 Å². The summed E-state index contributed by atoms with van der Waals surface area (Å²) in [5.74, 6) is -4.52. The number of hydrogen-bond donors (Lipinski definition) is 3. The molecule has 1 aliphatic heterocycles. The first kappa shape index (κ1) is 24.4. The van der Waals surface area contributed by atoms with Gasteiger partial charge in [0.25, 0.3) is 5.92 Å². The van der Waals surface area contributed by atoms with Gasteiger partial charge in [0.15, 0.2) is 17.6 Å². The van der Waals surface area contributed by atoms with E-state index in [0.717, 1.165) is 0 Å². The second-order valence-electron chi connectivity index (χ2n) is 9.11. The van der Waals surface area contributed by atoms with Crippen molar-refractivity contribution in [1.29, 1.82) is 0 Å². The zero-order valence-electron chi connectivity index (χ0n) is 19.7. The van der Waals surface area contributed by atoms with Crippen LogP contribution in [0, 0.1) is 11.9 Å². The summed E-state index contributed by atoms with van der Waals surface area (Å²) in [5, 5.41) is 13.4. The van der Waals surface area contributed by atoms with Gasteiger partial charge in [-0.3, -0.25) is 4.99 Å². The fourth-order valence-electron chi connectivity index (χ4n) is 5.00. The van der Waals surface area contributed by atoms with Gasteiger partial charge in [0.2, 0.25) is 11.8 Å². The van der Waals surface area contributed by atoms with Crippen LogP contribution in [0.1, 0.15) is 18.4 Å². The van der Waals surface area contributed by atoms with Crippen molar-refractivity contribution in [2.45, 2.75) is 29.7 Å². The third-order valence-corrected chi connectivity index (χ3v) is 8.10. The topological polar surface area (TPSA) is 145 Å². The van der Waals surface area contributed by atoms with Gasteiger partial charge < -0.3 is 25.3 Å². The van der Waals surface area contributed by atoms with Crippen molar-refractivity contribution in [3.8, 4) is 5.75 Å². The number of hydrogen-bond acceptors (Lipinski definition) is 11. The molecule has 10 nitrogen and oxygen atoms in total. The van der Waals surface area contributed by atoms with Crippen molar-refractivity contribution in [3.05, 3.63) is 66.7 Å². The molecule has 5 heterocycles. The fraction of sp³-hybridized carbons (Fsp3) is 0.292. The highest BCUT2D eigenvalue weighted by molar-refractivity contribution is 8.15. The number of nitrogens with zero attached hydrogens (tertiary/aromatic N) is 5. The molecule has 1 fully saturated rings. The van der Waals surface area contributed by atoms with Gasteiger partial charge in [-0.05, 0) is 25.1 Å². The molecular formula is C24H20F3N7O3S. The molecule has 3 atom stereocenters. The minimum Gasteiger partial charge on any atom is -0.482 e. The lowest BCUT2D eigenvalue weighted by molar-refractivity contribution is 0.0684. The largest absolute Gasteiger partial charge is 0.482 e. The van der Waals surface area contributed by atoms with Crippen LogP contribution in [0.15, 0.2) is 58.7 Å². The van der Waals surface area contributed by atoms with Crippen LogP contribution >= 0.6 is 11.8 Å². The summed E-state index contributed by atoms with van der Waals surface area (Å²) in [6, 6.07) is 4.84. The Morgan fingerprint density at radius 1 is 1.18 bits per heavy atom. The van der Waals surface area contributed by atoms with E-state index in [4.69, 9.17) is 14.9 Å². The first-order valence-corrected chi connectivity index (χ1v) is 12.2. The van der Waals surface area contributed by atoms with E-state index in [1.54, 1.807) is 18.3 Å². The number of oxazole rings is 1. The Morgan fingerprint density at radius 2 is 2.03 bits per heavy atom. The number of aromatic nitrogens is 4. The minimum absolute atomic E-state index is 0.127. The van der Waals surface area contributed by atoms with E-state index in [9.17, 15) is 18.3 Å². The lowest BCUT2D eigenvalue weighted by atomic mass is 9.86. The highest BCUT2D eigenvalue weighted by atomic mass is 32.2. The van der Waals surface area contributed by atoms with Crippen LogP contribution < -0.4 is 15.8 Å². The highest BCUT2D eigenvalue weighted by Crippen LogP contribution is 2.74. The summed E-state index contributed by atoms with van der Waals surface area (Å²) >= 11 is 0.617. The van der Waals surface area contributed by atoms with E-state index in [1.807, 2.05) is 0 Å². The molecule has 0 unspecified atom stereocenters. The van der Waals surface area contributed by atoms with E-state index < -0.39 is 34.7 Å². The Morgan fingerprint density at radius 3 is 2.79 bits per heavy atom. The van der Waals surface area contributed by atoms with Crippen molar-refractivity contribution in [2.24, 2.45) is 16.6 Å². The maximum Gasteiger partial charge on any atom is 0.272 e. The first-order valence-electron chi connectivity index (χ1n) is 11.4. The number of amidine groups is 1. The maximum absolute atomic E-state index is 15.0. The van der Waals surface area contributed by atoms with Crippen LogP contribution in [0.2, 0.25) is 0 Å². The second-order valence-corrected chi connectivity index (χ2v) is 10.5.